The van der Waals surface area contributed by atoms with Gasteiger partial charge in [0, 0.05) is 4.47 Å². The van der Waals surface area contributed by atoms with Crippen molar-refractivity contribution in [3.8, 4) is 0 Å². The van der Waals surface area contributed by atoms with Crippen molar-refractivity contribution in [2.24, 2.45) is 0 Å². The van der Waals surface area contributed by atoms with Gasteiger partial charge in [-0.25, -0.2) is 22.8 Å². The van der Waals surface area contributed by atoms with Crippen LogP contribution >= 0.6 is 15.9 Å². The molecule has 0 fully saturated rings. The van der Waals surface area contributed by atoms with Gasteiger partial charge in [-0.2, -0.15) is 0 Å². The highest BCUT2D eigenvalue weighted by molar-refractivity contribution is 9.10. The Hall–Kier alpha value is -3.04. The van der Waals surface area contributed by atoms with E-state index in [0.29, 0.717) is 16.7 Å². The molecule has 0 unspecified atom stereocenters. The van der Waals surface area contributed by atoms with Gasteiger partial charge in [-0.15, -0.1) is 0 Å². The number of halogens is 2. The first-order chi connectivity index (χ1) is 14.3. The molecule has 0 spiro atoms. The second-order valence-electron chi connectivity index (χ2n) is 6.53. The molecule has 0 amide bonds. The van der Waals surface area contributed by atoms with Crippen molar-refractivity contribution in [3.63, 3.8) is 0 Å². The van der Waals surface area contributed by atoms with E-state index in [4.69, 9.17) is 0 Å². The second kappa shape index (κ2) is 8.00. The lowest BCUT2D eigenvalue weighted by Gasteiger charge is -2.15. The molecule has 9 heteroatoms. The highest BCUT2D eigenvalue weighted by Gasteiger charge is 2.21. The SMILES string of the molecule is Cc1cc(F)ccc1S(=O)(=O)Nc1nc2ccccc2nc1Nc1ccccc1Br. The fourth-order valence-corrected chi connectivity index (χ4v) is 4.57. The molecule has 0 bridgehead atoms. The Morgan fingerprint density at radius 2 is 1.53 bits per heavy atom. The number of hydrogen-bond acceptors (Lipinski definition) is 5. The van der Waals surface area contributed by atoms with Crippen molar-refractivity contribution in [1.82, 2.24) is 9.97 Å². The summed E-state index contributed by atoms with van der Waals surface area (Å²) >= 11 is 3.46. The highest BCUT2D eigenvalue weighted by Crippen LogP contribution is 2.30. The normalized spacial score (nSPS) is 11.4. The van der Waals surface area contributed by atoms with Crippen molar-refractivity contribution >= 4 is 54.3 Å². The summed E-state index contributed by atoms with van der Waals surface area (Å²) in [4.78, 5) is 8.96. The Kier molecular flexibility index (Phi) is 5.40. The summed E-state index contributed by atoms with van der Waals surface area (Å²) in [7, 11) is -4.03. The van der Waals surface area contributed by atoms with Crippen molar-refractivity contribution in [2.75, 3.05) is 10.0 Å². The minimum absolute atomic E-state index is 0.0354. The fourth-order valence-electron chi connectivity index (χ4n) is 2.95. The van der Waals surface area contributed by atoms with Crippen LogP contribution in [0.5, 0.6) is 0 Å². The molecule has 4 aromatic rings. The first kappa shape index (κ1) is 20.2. The Balaban J connectivity index is 1.81. The van der Waals surface area contributed by atoms with Crippen LogP contribution in [0.1, 0.15) is 5.56 Å². The van der Waals surface area contributed by atoms with Gasteiger partial charge < -0.3 is 5.32 Å². The van der Waals surface area contributed by atoms with Gasteiger partial charge in [0.25, 0.3) is 10.0 Å². The molecule has 0 aliphatic rings. The number of nitrogens with one attached hydrogen (secondary N) is 2. The van der Waals surface area contributed by atoms with Crippen LogP contribution < -0.4 is 10.0 Å². The number of para-hydroxylation sites is 3. The molecule has 30 heavy (non-hydrogen) atoms. The molecule has 0 saturated heterocycles. The van der Waals surface area contributed by atoms with Crippen LogP contribution in [0.2, 0.25) is 0 Å². The summed E-state index contributed by atoms with van der Waals surface area (Å²) in [5.41, 5.74) is 2.12. The van der Waals surface area contributed by atoms with Crippen molar-refractivity contribution in [1.29, 1.82) is 0 Å². The minimum Gasteiger partial charge on any atom is -0.336 e. The maximum absolute atomic E-state index is 13.4. The summed E-state index contributed by atoms with van der Waals surface area (Å²) in [6.45, 7) is 1.53. The third-order valence-electron chi connectivity index (χ3n) is 4.36. The van der Waals surface area contributed by atoms with Crippen LogP contribution in [-0.2, 0) is 10.0 Å². The van der Waals surface area contributed by atoms with Gasteiger partial charge in [0.2, 0.25) is 0 Å². The topological polar surface area (TPSA) is 84.0 Å². The average Bonchev–Trinajstić information content (AvgIpc) is 2.69. The molecule has 152 valence electrons. The molecule has 0 radical (unpaired) electrons. The minimum atomic E-state index is -4.03. The number of sulfonamides is 1. The molecule has 0 aliphatic heterocycles. The summed E-state index contributed by atoms with van der Waals surface area (Å²) < 4.78 is 42.7. The first-order valence-corrected chi connectivity index (χ1v) is 11.2. The van der Waals surface area contributed by atoms with E-state index in [9.17, 15) is 12.8 Å². The van der Waals surface area contributed by atoms with E-state index in [1.165, 1.54) is 19.1 Å². The second-order valence-corrected chi connectivity index (χ2v) is 9.03. The van der Waals surface area contributed by atoms with Crippen LogP contribution in [0.25, 0.3) is 11.0 Å². The lowest BCUT2D eigenvalue weighted by molar-refractivity contribution is 0.598. The number of nitrogens with zero attached hydrogens (tertiary/aromatic N) is 2. The predicted octanol–water partition coefficient (Wildman–Crippen LogP) is 5.38. The number of fused-ring (bicyclic) bond motifs is 1. The van der Waals surface area contributed by atoms with E-state index in [1.54, 1.807) is 18.2 Å². The van der Waals surface area contributed by atoms with Gasteiger partial charge in [-0.3, -0.25) is 4.72 Å². The number of aromatic nitrogens is 2. The molecule has 1 aromatic heterocycles. The third-order valence-corrected chi connectivity index (χ3v) is 6.55. The van der Waals surface area contributed by atoms with E-state index < -0.39 is 15.8 Å². The molecule has 1 heterocycles. The predicted molar refractivity (Wildman–Crippen MR) is 119 cm³/mol. The van der Waals surface area contributed by atoms with E-state index in [1.807, 2.05) is 30.3 Å². The van der Waals surface area contributed by atoms with Crippen LogP contribution in [0.3, 0.4) is 0 Å². The lowest BCUT2D eigenvalue weighted by Crippen LogP contribution is -2.17. The largest absolute Gasteiger partial charge is 0.336 e. The standard InChI is InChI=1S/C21H16BrFN4O2S/c1-13-12-14(23)10-11-19(13)30(28,29)27-21-20(24-16-7-3-2-6-15(16)22)25-17-8-4-5-9-18(17)26-21/h2-12H,1H3,(H,24,25)(H,26,27). The number of hydrogen-bond donors (Lipinski definition) is 2. The van der Waals surface area contributed by atoms with Gasteiger partial charge in [0.05, 0.1) is 21.6 Å². The van der Waals surface area contributed by atoms with Crippen molar-refractivity contribution < 1.29 is 12.8 Å². The van der Waals surface area contributed by atoms with Gasteiger partial charge in [0.15, 0.2) is 11.6 Å². The van der Waals surface area contributed by atoms with Crippen molar-refractivity contribution in [2.45, 2.75) is 11.8 Å². The van der Waals surface area contributed by atoms with Crippen LogP contribution in [-0.4, -0.2) is 18.4 Å². The van der Waals surface area contributed by atoms with E-state index in [2.05, 4.69) is 35.9 Å². The average molecular weight is 487 g/mol. The van der Waals surface area contributed by atoms with Gasteiger partial charge in [-0.1, -0.05) is 24.3 Å². The molecule has 0 aliphatic carbocycles. The number of benzene rings is 3. The Labute approximate surface area is 181 Å². The monoisotopic (exact) mass is 486 g/mol. The third kappa shape index (κ3) is 4.12. The summed E-state index contributed by atoms with van der Waals surface area (Å²) in [6.07, 6.45) is 0. The molecular weight excluding hydrogens is 471 g/mol. The zero-order chi connectivity index (χ0) is 21.3. The molecule has 4 rings (SSSR count). The number of anilines is 3. The maximum Gasteiger partial charge on any atom is 0.263 e. The number of rotatable bonds is 5. The van der Waals surface area contributed by atoms with E-state index in [0.717, 1.165) is 10.5 Å². The molecule has 2 N–H and O–H groups in total. The Morgan fingerprint density at radius 3 is 2.20 bits per heavy atom. The highest BCUT2D eigenvalue weighted by atomic mass is 79.9. The molecule has 3 aromatic carbocycles. The summed E-state index contributed by atoms with van der Waals surface area (Å²) in [6, 6.07) is 18.0. The Bertz CT molecular complexity index is 1360. The zero-order valence-corrected chi connectivity index (χ0v) is 18.1. The van der Waals surface area contributed by atoms with E-state index >= 15 is 0 Å². The zero-order valence-electron chi connectivity index (χ0n) is 15.7. The lowest BCUT2D eigenvalue weighted by atomic mass is 10.2. The summed E-state index contributed by atoms with van der Waals surface area (Å²) in [5.74, 6) is -0.231. The molecule has 0 saturated carbocycles. The van der Waals surface area contributed by atoms with E-state index in [-0.39, 0.29) is 22.1 Å². The maximum atomic E-state index is 13.4. The first-order valence-electron chi connectivity index (χ1n) is 8.91. The molecule has 6 nitrogen and oxygen atoms in total. The summed E-state index contributed by atoms with van der Waals surface area (Å²) in [5, 5.41) is 3.12. The van der Waals surface area contributed by atoms with Crippen molar-refractivity contribution in [3.05, 3.63) is 82.6 Å². The quantitative estimate of drug-likeness (QED) is 0.395. The van der Waals surface area contributed by atoms with Crippen LogP contribution in [0.15, 0.2) is 76.1 Å². The van der Waals surface area contributed by atoms with Gasteiger partial charge in [-0.05, 0) is 70.9 Å². The Morgan fingerprint density at radius 1 is 0.900 bits per heavy atom. The van der Waals surface area contributed by atoms with Crippen LogP contribution in [0, 0.1) is 12.7 Å². The van der Waals surface area contributed by atoms with Crippen LogP contribution in [0.4, 0.5) is 21.7 Å². The molecular formula is C21H16BrFN4O2S. The van der Waals surface area contributed by atoms with Gasteiger partial charge in [0.1, 0.15) is 5.82 Å². The molecule has 0 atom stereocenters. The van der Waals surface area contributed by atoms with Gasteiger partial charge >= 0.3 is 0 Å². The number of aryl methyl sites for hydroxylation is 1. The fraction of sp³-hybridized carbons (Fsp3) is 0.0476. The smallest absolute Gasteiger partial charge is 0.263 e.